The number of carbonyl (C=O) groups excluding carboxylic acids is 3. The number of nitrogens with two attached hydrogens (primary N) is 1. The molecule has 8 aromatic carbocycles. The number of fused-ring (bicyclic) bond motifs is 2. The van der Waals surface area contributed by atoms with Gasteiger partial charge in [0.1, 0.15) is 0 Å². The molecule has 0 atom stereocenters. The molecule has 0 amide bonds. The fourth-order valence-electron chi connectivity index (χ4n) is 8.20. The molecule has 0 aliphatic heterocycles. The van der Waals surface area contributed by atoms with Gasteiger partial charge in [0.05, 0.1) is 64.4 Å². The van der Waals surface area contributed by atoms with E-state index in [-0.39, 0.29) is 41.9 Å². The maximum Gasteiger partial charge on any atom is 0.339 e. The Bertz CT molecular complexity index is 4060. The Morgan fingerprint density at radius 2 is 0.990 bits per heavy atom. The zero-order valence-electron chi connectivity index (χ0n) is 51.6. The summed E-state index contributed by atoms with van der Waals surface area (Å²) in [4.78, 5) is 54.5. The minimum absolute atomic E-state index is 0.0290. The number of aliphatic hydroxyl groups is 2. The maximum atomic E-state index is 11.6. The largest absolute Gasteiger partial charge is 0.481 e. The fraction of sp³-hybridized carbons (Fsp3) is 0.229. The lowest BCUT2D eigenvalue weighted by molar-refractivity contribution is -0.384. The Morgan fingerprint density at radius 1 is 0.541 bits per heavy atom. The summed E-state index contributed by atoms with van der Waals surface area (Å²) < 4.78 is 11.6. The Hall–Kier alpha value is -2.87. The number of carbonyl (C=O) groups is 4. The van der Waals surface area contributed by atoms with Gasteiger partial charge in [-0.1, -0.05) is 117 Å². The van der Waals surface area contributed by atoms with E-state index in [9.17, 15) is 29.3 Å². The first-order chi connectivity index (χ1) is 46.4. The number of ketones is 2. The van der Waals surface area contributed by atoms with Gasteiger partial charge in [0.15, 0.2) is 11.6 Å². The van der Waals surface area contributed by atoms with Crippen molar-refractivity contribution in [3.63, 3.8) is 0 Å². The van der Waals surface area contributed by atoms with Gasteiger partial charge >= 0.3 is 11.9 Å². The third-order valence-electron chi connectivity index (χ3n) is 13.1. The van der Waals surface area contributed by atoms with Crippen LogP contribution in [0.25, 0.3) is 0 Å². The quantitative estimate of drug-likeness (QED) is 0.0140. The molecule has 10 rings (SSSR count). The van der Waals surface area contributed by atoms with Gasteiger partial charge in [-0.2, -0.15) is 0 Å². The second kappa shape index (κ2) is 48.2. The van der Waals surface area contributed by atoms with E-state index in [0.29, 0.717) is 72.1 Å². The van der Waals surface area contributed by atoms with Gasteiger partial charge in [-0.25, -0.2) is 4.79 Å². The summed E-state index contributed by atoms with van der Waals surface area (Å²) in [5, 5.41) is 40.7. The summed E-state index contributed by atoms with van der Waals surface area (Å²) in [7, 11) is 1.31. The smallest absolute Gasteiger partial charge is 0.339 e. The van der Waals surface area contributed by atoms with Crippen molar-refractivity contribution in [1.29, 1.82) is 0 Å². The van der Waals surface area contributed by atoms with Gasteiger partial charge in [0.2, 0.25) is 0 Å². The van der Waals surface area contributed by atoms with Gasteiger partial charge in [-0.3, -0.25) is 24.5 Å². The van der Waals surface area contributed by atoms with Crippen LogP contribution in [0, 0.1) is 25.5 Å². The summed E-state index contributed by atoms with van der Waals surface area (Å²) >= 11 is 71.6. The first-order valence-corrected chi connectivity index (χ1v) is 38.7. The van der Waals surface area contributed by atoms with Crippen molar-refractivity contribution < 1.29 is 44.2 Å². The van der Waals surface area contributed by atoms with Gasteiger partial charge < -0.3 is 25.8 Å². The molecular weight excluding hydrogens is 2000 g/mol. The van der Waals surface area contributed by atoms with Gasteiger partial charge in [-0.05, 0) is 323 Å². The van der Waals surface area contributed by atoms with E-state index in [4.69, 9.17) is 114 Å². The van der Waals surface area contributed by atoms with Gasteiger partial charge in [0, 0.05) is 102 Å². The molecule has 0 spiro atoms. The van der Waals surface area contributed by atoms with E-state index in [2.05, 4.69) is 151 Å². The van der Waals surface area contributed by atoms with Crippen LogP contribution in [0.15, 0.2) is 165 Å². The summed E-state index contributed by atoms with van der Waals surface area (Å²) in [5.41, 5.74) is 13.2. The number of nitro groups is 1. The Morgan fingerprint density at radius 3 is 1.44 bits per heavy atom. The van der Waals surface area contributed by atoms with Crippen LogP contribution < -0.4 is 5.73 Å². The summed E-state index contributed by atoms with van der Waals surface area (Å²) in [5.74, 6) is 4.85. The maximum absolute atomic E-state index is 11.6. The number of benzene rings is 8. The van der Waals surface area contributed by atoms with Crippen LogP contribution in [0.5, 0.6) is 0 Å². The number of rotatable bonds is 11. The number of nitrogen functional groups attached to an aromatic ring is 1. The number of aliphatic hydroxyl groups excluding tert-OH is 2. The topological polar surface area (TPSA) is 207 Å². The molecule has 28 heteroatoms. The number of nitro benzene ring substituents is 1. The number of methoxy groups -OCH3 is 1. The average Bonchev–Trinajstić information content (AvgIpc) is 0.809. The monoisotopic (exact) mass is 2050 g/mol. The van der Waals surface area contributed by atoms with Crippen LogP contribution in [0.2, 0.25) is 40.2 Å². The van der Waals surface area contributed by atoms with Crippen LogP contribution in [0.4, 0.5) is 11.4 Å². The highest BCUT2D eigenvalue weighted by Crippen LogP contribution is 2.33. The predicted molar refractivity (Wildman–Crippen MR) is 434 cm³/mol. The molecule has 0 unspecified atom stereocenters. The fourth-order valence-corrected chi connectivity index (χ4v) is 13.0. The molecule has 2 aliphatic carbocycles. The molecule has 0 heterocycles. The molecule has 522 valence electrons. The number of esters is 1. The van der Waals surface area contributed by atoms with Gasteiger partial charge in [0.25, 0.3) is 5.69 Å². The number of aliphatic carboxylic acids is 1. The Balaban J connectivity index is 0.000000293. The van der Waals surface area contributed by atoms with Crippen molar-refractivity contribution >= 4 is 262 Å². The number of Topliss-reactive ketones (excluding diaryl/α,β-unsaturated/α-hetero) is 2. The van der Waals surface area contributed by atoms with Crippen LogP contribution in [-0.2, 0) is 35.2 Å². The van der Waals surface area contributed by atoms with Gasteiger partial charge in [-0.15, -0.1) is 0 Å². The molecule has 8 aromatic rings. The molecule has 5 N–H and O–H groups in total. The number of halogens is 16. The number of aryl methyl sites for hydroxylation is 4. The zero-order valence-corrected chi connectivity index (χ0v) is 70.9. The van der Waals surface area contributed by atoms with Crippen LogP contribution in [0.1, 0.15) is 117 Å². The summed E-state index contributed by atoms with van der Waals surface area (Å²) in [6, 6.07) is 39.3. The van der Waals surface area contributed by atoms with E-state index in [1.54, 1.807) is 42.5 Å². The number of unbranched alkanes of at least 4 members (excludes halogenated alkanes) is 1. The van der Waals surface area contributed by atoms with Crippen LogP contribution in [0.3, 0.4) is 0 Å². The highest BCUT2D eigenvalue weighted by Gasteiger charge is 2.22. The molecule has 0 radical (unpaired) electrons. The van der Waals surface area contributed by atoms with Crippen molar-refractivity contribution in [2.45, 2.75) is 83.5 Å². The predicted octanol–water partition coefficient (Wildman–Crippen LogP) is 25.4. The number of hydrogen-bond donors (Lipinski definition) is 4. The highest BCUT2D eigenvalue weighted by molar-refractivity contribution is 14.1. The van der Waals surface area contributed by atoms with Crippen molar-refractivity contribution in [2.24, 2.45) is 0 Å². The number of carboxylic acid groups (broad SMARTS) is 1. The second-order valence-electron chi connectivity index (χ2n) is 20.4. The first-order valence-electron chi connectivity index (χ1n) is 29.0. The number of ether oxygens (including phenoxy) is 1. The molecule has 0 bridgehead atoms. The number of carboxylic acids is 1. The third kappa shape index (κ3) is 33.7. The minimum atomic E-state index is -0.752. The number of nitrogens with zero attached hydrogens (tertiary/aromatic N) is 1. The van der Waals surface area contributed by atoms with E-state index in [1.165, 1.54) is 34.4 Å². The summed E-state index contributed by atoms with van der Waals surface area (Å²) in [6.07, 6.45) is 9.80. The van der Waals surface area contributed by atoms with Crippen molar-refractivity contribution in [1.82, 2.24) is 0 Å². The first kappa shape index (κ1) is 89.3. The van der Waals surface area contributed by atoms with Crippen molar-refractivity contribution in [2.75, 3.05) is 26.1 Å². The Kier molecular flexibility index (Phi) is 44.0. The second-order valence-corrected chi connectivity index (χ2v) is 30.9. The standard InChI is InChI=1S/C12H11ClO3.C10H10BrClO2.C10H8BrClO.C10H12BrClO.C10H8BrClO.C6H3BrClI.C6H3BrClNO2.C6H5BrClN/c1-16-12(15)9-5-7-3-2-4-11(14)8(7)6-10(9)13;11-8-6-7(4-5-9(8)12)2-1-3-10(13)14;11-8-4-6-2-1-3-10(13)7(6)5-9(8)12;2*11-9-7-8(3-1-2-6-13)4-5-10(9)12;7-5-3-4(9)1-2-6(5)8;7-5-3-4(9(10)11)1-2-6(5)8;7-5-3-4(9)1-2-6(5)8/h5-6H,2-4H2,1H3;4-6H,1-3H2,(H,13,14);4-5H,1-3H2;4-5,7,13H,1-3,6H2;4-5,7,13H,2,6H2;1-3H;1-3H;1-3H,9H2. The zero-order chi connectivity index (χ0) is 73.2. The van der Waals surface area contributed by atoms with E-state index >= 15 is 0 Å². The van der Waals surface area contributed by atoms with Crippen molar-refractivity contribution in [3.05, 3.63) is 263 Å². The van der Waals surface area contributed by atoms with E-state index in [0.717, 1.165) is 116 Å². The number of anilines is 1. The number of non-ortho nitro benzene ring substituents is 1. The van der Waals surface area contributed by atoms with Crippen molar-refractivity contribution in [3.8, 4) is 11.8 Å². The molecule has 0 saturated heterocycles. The average molecular weight is 2060 g/mol. The SMILES string of the molecule is COC(=O)c1cc2c(cc1Cl)C(=O)CCC2.Clc1ccc(I)cc1Br.Nc1ccc(Cl)c(Br)c1.O=C(O)CCCc1ccc(Cl)c(Br)c1.O=C1CCCc2cc(Br)c(Cl)cc21.O=[N+]([O-])c1ccc(Cl)c(Br)c1.OCCC#Cc1ccc(Cl)c(Br)c1.OCCCCc1ccc(Cl)c(Br)c1. The molecule has 0 fully saturated rings. The molecule has 2 aliphatic rings. The lowest BCUT2D eigenvalue weighted by atomic mass is 9.89. The number of hydrogen-bond acceptors (Lipinski definition) is 10. The van der Waals surface area contributed by atoms with Crippen LogP contribution in [-0.4, -0.2) is 64.1 Å². The lowest BCUT2D eigenvalue weighted by Gasteiger charge is -2.16. The third-order valence-corrected chi connectivity index (χ3v) is 22.5. The Labute approximate surface area is 682 Å². The molecule has 0 aromatic heterocycles. The summed E-state index contributed by atoms with van der Waals surface area (Å²) in [6.45, 7) is 0.372. The molecule has 12 nitrogen and oxygen atoms in total. The van der Waals surface area contributed by atoms with Crippen LogP contribution >= 0.6 is 227 Å². The minimum Gasteiger partial charge on any atom is -0.481 e. The molecular formula is C70H60Br7Cl8IN2O10. The molecule has 0 saturated carbocycles. The van der Waals surface area contributed by atoms with E-state index in [1.807, 2.05) is 72.8 Å². The highest BCUT2D eigenvalue weighted by atomic mass is 127. The van der Waals surface area contributed by atoms with E-state index < -0.39 is 16.9 Å². The normalized spacial score (nSPS) is 11.3. The lowest BCUT2D eigenvalue weighted by Crippen LogP contribution is -2.13. The molecule has 98 heavy (non-hydrogen) atoms.